The third kappa shape index (κ3) is 5.43. The number of pyridine rings is 1. The molecule has 0 aliphatic heterocycles. The Morgan fingerprint density at radius 1 is 1.17 bits per heavy atom. The number of carbonyl (C=O) groups is 1. The molecule has 2 rings (SSSR count). The standard InChI is InChI=1S/C17H21N3O3S/c1-14-7-3-4-8-15(14)12-20(24(2,22)23)13-17(21)19-11-16-9-5-6-10-18-16/h3-10H,11-13H2,1-2H3,(H,19,21). The Bertz CT molecular complexity index is 792. The molecule has 6 nitrogen and oxygen atoms in total. The predicted octanol–water partition coefficient (Wildman–Crippen LogP) is 1.47. The molecular formula is C17H21N3O3S. The summed E-state index contributed by atoms with van der Waals surface area (Å²) in [6, 6.07) is 12.9. The van der Waals surface area contributed by atoms with Crippen LogP contribution in [0.1, 0.15) is 16.8 Å². The topological polar surface area (TPSA) is 79.4 Å². The Hall–Kier alpha value is -2.25. The summed E-state index contributed by atoms with van der Waals surface area (Å²) in [7, 11) is -3.50. The Balaban J connectivity index is 2.01. The maximum Gasteiger partial charge on any atom is 0.235 e. The van der Waals surface area contributed by atoms with Crippen LogP contribution in [-0.2, 0) is 27.9 Å². The predicted molar refractivity (Wildman–Crippen MR) is 92.5 cm³/mol. The second-order valence-corrected chi connectivity index (χ2v) is 7.54. The van der Waals surface area contributed by atoms with Crippen molar-refractivity contribution in [3.05, 3.63) is 65.5 Å². The van der Waals surface area contributed by atoms with Gasteiger partial charge in [-0.1, -0.05) is 30.3 Å². The van der Waals surface area contributed by atoms with Gasteiger partial charge in [-0.2, -0.15) is 4.31 Å². The summed E-state index contributed by atoms with van der Waals surface area (Å²) in [4.78, 5) is 16.2. The number of sulfonamides is 1. The molecule has 1 amide bonds. The van der Waals surface area contributed by atoms with Crippen molar-refractivity contribution in [3.63, 3.8) is 0 Å². The van der Waals surface area contributed by atoms with E-state index in [4.69, 9.17) is 0 Å². The zero-order valence-electron chi connectivity index (χ0n) is 13.8. The highest BCUT2D eigenvalue weighted by atomic mass is 32.2. The minimum atomic E-state index is -3.50. The first kappa shape index (κ1) is 18.1. The molecule has 7 heteroatoms. The van der Waals surface area contributed by atoms with Crippen LogP contribution >= 0.6 is 0 Å². The molecule has 0 spiro atoms. The van der Waals surface area contributed by atoms with E-state index in [-0.39, 0.29) is 25.5 Å². The minimum absolute atomic E-state index is 0.169. The van der Waals surface area contributed by atoms with Crippen LogP contribution in [0.5, 0.6) is 0 Å². The number of rotatable bonds is 7. The Morgan fingerprint density at radius 2 is 1.88 bits per heavy atom. The Kier molecular flexibility index (Phi) is 6.05. The zero-order valence-corrected chi connectivity index (χ0v) is 14.6. The molecule has 1 aromatic heterocycles. The number of aryl methyl sites for hydroxylation is 1. The highest BCUT2D eigenvalue weighted by molar-refractivity contribution is 7.88. The minimum Gasteiger partial charge on any atom is -0.349 e. The number of hydrogen-bond acceptors (Lipinski definition) is 4. The summed E-state index contributed by atoms with van der Waals surface area (Å²) in [5, 5.41) is 2.69. The number of benzene rings is 1. The fraction of sp³-hybridized carbons (Fsp3) is 0.294. The molecule has 0 saturated carbocycles. The maximum atomic E-state index is 12.1. The van der Waals surface area contributed by atoms with Crippen molar-refractivity contribution in [2.75, 3.05) is 12.8 Å². The first-order valence-corrected chi connectivity index (χ1v) is 9.37. The van der Waals surface area contributed by atoms with E-state index in [1.807, 2.05) is 37.3 Å². The summed E-state index contributed by atoms with van der Waals surface area (Å²) in [5.74, 6) is -0.361. The van der Waals surface area contributed by atoms with Gasteiger partial charge in [-0.3, -0.25) is 9.78 Å². The van der Waals surface area contributed by atoms with Crippen LogP contribution in [0.3, 0.4) is 0 Å². The van der Waals surface area contributed by atoms with Gasteiger partial charge in [0.1, 0.15) is 0 Å². The van der Waals surface area contributed by atoms with E-state index in [9.17, 15) is 13.2 Å². The molecule has 0 unspecified atom stereocenters. The van der Waals surface area contributed by atoms with Crippen LogP contribution in [-0.4, -0.2) is 36.4 Å². The first-order valence-electron chi connectivity index (χ1n) is 7.52. The second-order valence-electron chi connectivity index (χ2n) is 5.56. The molecule has 1 N–H and O–H groups in total. The van der Waals surface area contributed by atoms with Gasteiger partial charge in [0.15, 0.2) is 0 Å². The number of carbonyl (C=O) groups excluding carboxylic acids is 1. The smallest absolute Gasteiger partial charge is 0.235 e. The maximum absolute atomic E-state index is 12.1. The lowest BCUT2D eigenvalue weighted by molar-refractivity contribution is -0.121. The SMILES string of the molecule is Cc1ccccc1CN(CC(=O)NCc1ccccn1)S(C)(=O)=O. The highest BCUT2D eigenvalue weighted by Gasteiger charge is 2.21. The fourth-order valence-electron chi connectivity index (χ4n) is 2.18. The molecule has 2 aromatic rings. The van der Waals surface area contributed by atoms with Gasteiger partial charge in [0.05, 0.1) is 25.0 Å². The molecule has 1 heterocycles. The summed E-state index contributed by atoms with van der Waals surface area (Å²) in [5.41, 5.74) is 2.58. The normalized spacial score (nSPS) is 11.5. The van der Waals surface area contributed by atoms with Gasteiger partial charge in [0, 0.05) is 12.7 Å². The van der Waals surface area contributed by atoms with Crippen LogP contribution in [0.15, 0.2) is 48.7 Å². The Labute approximate surface area is 142 Å². The molecule has 0 radical (unpaired) electrons. The third-order valence-corrected chi connectivity index (χ3v) is 4.79. The van der Waals surface area contributed by atoms with Crippen molar-refractivity contribution in [2.45, 2.75) is 20.0 Å². The number of amides is 1. The van der Waals surface area contributed by atoms with Crippen molar-refractivity contribution in [2.24, 2.45) is 0 Å². The molecule has 0 aliphatic carbocycles. The third-order valence-electron chi connectivity index (χ3n) is 3.59. The van der Waals surface area contributed by atoms with Crippen molar-refractivity contribution in [3.8, 4) is 0 Å². The lowest BCUT2D eigenvalue weighted by Gasteiger charge is -2.20. The Morgan fingerprint density at radius 3 is 2.50 bits per heavy atom. The molecule has 0 saturated heterocycles. The van der Waals surface area contributed by atoms with Gasteiger partial charge in [0.25, 0.3) is 0 Å². The molecule has 0 aliphatic rings. The first-order chi connectivity index (χ1) is 11.4. The molecule has 0 fully saturated rings. The molecule has 0 bridgehead atoms. The summed E-state index contributed by atoms with van der Waals surface area (Å²) < 4.78 is 25.2. The van der Waals surface area contributed by atoms with E-state index in [2.05, 4.69) is 10.3 Å². The van der Waals surface area contributed by atoms with Crippen LogP contribution in [0.2, 0.25) is 0 Å². The average molecular weight is 347 g/mol. The quantitative estimate of drug-likeness (QED) is 0.822. The zero-order chi connectivity index (χ0) is 17.6. The molecule has 1 aromatic carbocycles. The number of aromatic nitrogens is 1. The van der Waals surface area contributed by atoms with Crippen LogP contribution in [0.4, 0.5) is 0 Å². The van der Waals surface area contributed by atoms with Gasteiger partial charge < -0.3 is 5.32 Å². The summed E-state index contributed by atoms with van der Waals surface area (Å²) >= 11 is 0. The van der Waals surface area contributed by atoms with Crippen molar-refractivity contribution in [1.82, 2.24) is 14.6 Å². The lowest BCUT2D eigenvalue weighted by atomic mass is 10.1. The molecule has 128 valence electrons. The van der Waals surface area contributed by atoms with Gasteiger partial charge in [-0.05, 0) is 30.2 Å². The van der Waals surface area contributed by atoms with E-state index in [0.717, 1.165) is 23.1 Å². The van der Waals surface area contributed by atoms with Gasteiger partial charge in [-0.15, -0.1) is 0 Å². The van der Waals surface area contributed by atoms with Crippen molar-refractivity contribution >= 4 is 15.9 Å². The number of nitrogens with one attached hydrogen (secondary N) is 1. The van der Waals surface area contributed by atoms with E-state index < -0.39 is 10.0 Å². The van der Waals surface area contributed by atoms with Crippen molar-refractivity contribution < 1.29 is 13.2 Å². The lowest BCUT2D eigenvalue weighted by Crippen LogP contribution is -2.39. The number of hydrogen-bond donors (Lipinski definition) is 1. The molecule has 0 atom stereocenters. The largest absolute Gasteiger partial charge is 0.349 e. The van der Waals surface area contributed by atoms with Crippen LogP contribution in [0.25, 0.3) is 0 Å². The molecule has 24 heavy (non-hydrogen) atoms. The van der Waals surface area contributed by atoms with E-state index in [1.54, 1.807) is 18.3 Å². The van der Waals surface area contributed by atoms with Crippen LogP contribution in [0, 0.1) is 6.92 Å². The molecular weight excluding hydrogens is 326 g/mol. The van der Waals surface area contributed by atoms with E-state index in [0.29, 0.717) is 0 Å². The summed E-state index contributed by atoms with van der Waals surface area (Å²) in [6.07, 6.45) is 2.75. The summed E-state index contributed by atoms with van der Waals surface area (Å²) in [6.45, 7) is 2.13. The van der Waals surface area contributed by atoms with Gasteiger partial charge in [-0.25, -0.2) is 8.42 Å². The average Bonchev–Trinajstić information content (AvgIpc) is 2.54. The van der Waals surface area contributed by atoms with Gasteiger partial charge in [0.2, 0.25) is 15.9 Å². The van der Waals surface area contributed by atoms with E-state index in [1.165, 1.54) is 4.31 Å². The highest BCUT2D eigenvalue weighted by Crippen LogP contribution is 2.12. The fourth-order valence-corrected chi connectivity index (χ4v) is 2.90. The number of nitrogens with zero attached hydrogens (tertiary/aromatic N) is 2. The van der Waals surface area contributed by atoms with Crippen molar-refractivity contribution in [1.29, 1.82) is 0 Å². The van der Waals surface area contributed by atoms with Crippen LogP contribution < -0.4 is 5.32 Å². The van der Waals surface area contributed by atoms with Gasteiger partial charge >= 0.3 is 0 Å². The second kappa shape index (κ2) is 8.03. The van der Waals surface area contributed by atoms with E-state index >= 15 is 0 Å². The monoisotopic (exact) mass is 347 g/mol.